The predicted octanol–water partition coefficient (Wildman–Crippen LogP) is 2.68. The van der Waals surface area contributed by atoms with E-state index in [0.29, 0.717) is 12.5 Å². The number of hydrogen-bond donors (Lipinski definition) is 0. The Morgan fingerprint density at radius 3 is 2.41 bits per heavy atom. The average molecular weight is 238 g/mol. The van der Waals surface area contributed by atoms with E-state index in [1.165, 1.54) is 0 Å². The molecule has 0 amide bonds. The van der Waals surface area contributed by atoms with Crippen molar-refractivity contribution in [1.82, 2.24) is 0 Å². The van der Waals surface area contributed by atoms with Crippen LogP contribution in [0.25, 0.3) is 0 Å². The SMILES string of the molecule is C=CCOC(C=C)C1CCC2(CC1)OCCO2. The van der Waals surface area contributed by atoms with Gasteiger partial charge in [-0.05, 0) is 18.8 Å². The fourth-order valence-corrected chi connectivity index (χ4v) is 2.77. The van der Waals surface area contributed by atoms with Crippen LogP contribution in [-0.2, 0) is 14.2 Å². The van der Waals surface area contributed by atoms with Crippen LogP contribution in [0.15, 0.2) is 25.3 Å². The maximum atomic E-state index is 5.72. The molecule has 1 heterocycles. The maximum Gasteiger partial charge on any atom is 0.168 e. The summed E-state index contributed by atoms with van der Waals surface area (Å²) in [6, 6.07) is 0. The highest BCUT2D eigenvalue weighted by molar-refractivity contribution is 4.92. The van der Waals surface area contributed by atoms with Crippen LogP contribution in [0.2, 0.25) is 0 Å². The Morgan fingerprint density at radius 2 is 1.88 bits per heavy atom. The normalized spacial score (nSPS) is 25.9. The Labute approximate surface area is 103 Å². The maximum absolute atomic E-state index is 5.72. The molecule has 3 heteroatoms. The largest absolute Gasteiger partial charge is 0.370 e. The predicted molar refractivity (Wildman–Crippen MR) is 66.7 cm³/mol. The smallest absolute Gasteiger partial charge is 0.168 e. The molecule has 2 fully saturated rings. The molecule has 1 unspecified atom stereocenters. The summed E-state index contributed by atoms with van der Waals surface area (Å²) < 4.78 is 17.2. The third-order valence-electron chi connectivity index (χ3n) is 3.71. The average Bonchev–Trinajstić information content (AvgIpc) is 2.81. The van der Waals surface area contributed by atoms with Crippen LogP contribution < -0.4 is 0 Å². The first-order valence-corrected chi connectivity index (χ1v) is 6.42. The second-order valence-electron chi connectivity index (χ2n) is 4.77. The summed E-state index contributed by atoms with van der Waals surface area (Å²) >= 11 is 0. The van der Waals surface area contributed by atoms with Gasteiger partial charge in [-0.2, -0.15) is 0 Å². The lowest BCUT2D eigenvalue weighted by molar-refractivity contribution is -0.186. The van der Waals surface area contributed by atoms with Crippen LogP contribution in [0, 0.1) is 5.92 Å². The lowest BCUT2D eigenvalue weighted by atomic mass is 9.82. The lowest BCUT2D eigenvalue weighted by Crippen LogP contribution is -2.38. The van der Waals surface area contributed by atoms with Gasteiger partial charge in [0.15, 0.2) is 5.79 Å². The van der Waals surface area contributed by atoms with Crippen molar-refractivity contribution < 1.29 is 14.2 Å². The Morgan fingerprint density at radius 1 is 1.24 bits per heavy atom. The van der Waals surface area contributed by atoms with Gasteiger partial charge in [-0.15, -0.1) is 13.2 Å². The second-order valence-corrected chi connectivity index (χ2v) is 4.77. The Balaban J connectivity index is 1.84. The van der Waals surface area contributed by atoms with Crippen LogP contribution >= 0.6 is 0 Å². The third kappa shape index (κ3) is 2.97. The van der Waals surface area contributed by atoms with Gasteiger partial charge in [-0.3, -0.25) is 0 Å². The molecule has 1 aliphatic heterocycles. The first kappa shape index (κ1) is 12.8. The van der Waals surface area contributed by atoms with E-state index in [4.69, 9.17) is 14.2 Å². The Kier molecular flexibility index (Phi) is 4.37. The fraction of sp³-hybridized carbons (Fsp3) is 0.714. The molecule has 1 spiro atoms. The molecule has 3 nitrogen and oxygen atoms in total. The molecule has 96 valence electrons. The summed E-state index contributed by atoms with van der Waals surface area (Å²) in [5.41, 5.74) is 0. The molecule has 1 atom stereocenters. The summed E-state index contributed by atoms with van der Waals surface area (Å²) in [4.78, 5) is 0. The Bertz CT molecular complexity index is 259. The minimum atomic E-state index is -0.277. The molecule has 1 saturated carbocycles. The molecular weight excluding hydrogens is 216 g/mol. The van der Waals surface area contributed by atoms with Gasteiger partial charge in [-0.1, -0.05) is 12.2 Å². The topological polar surface area (TPSA) is 27.7 Å². The van der Waals surface area contributed by atoms with E-state index in [9.17, 15) is 0 Å². The molecule has 0 aromatic heterocycles. The summed E-state index contributed by atoms with van der Waals surface area (Å²) in [5.74, 6) is 0.256. The highest BCUT2D eigenvalue weighted by atomic mass is 16.7. The van der Waals surface area contributed by atoms with E-state index in [1.807, 2.05) is 6.08 Å². The van der Waals surface area contributed by atoms with Crippen LogP contribution in [0.5, 0.6) is 0 Å². The summed E-state index contributed by atoms with van der Waals surface area (Å²) in [6.45, 7) is 9.59. The molecule has 2 aliphatic rings. The zero-order valence-electron chi connectivity index (χ0n) is 10.4. The van der Waals surface area contributed by atoms with E-state index in [1.54, 1.807) is 6.08 Å². The highest BCUT2D eigenvalue weighted by Crippen LogP contribution is 2.40. The monoisotopic (exact) mass is 238 g/mol. The second kappa shape index (κ2) is 5.80. The zero-order valence-corrected chi connectivity index (χ0v) is 10.4. The zero-order chi connectivity index (χ0) is 12.1. The van der Waals surface area contributed by atoms with Crippen LogP contribution in [0.4, 0.5) is 0 Å². The quantitative estimate of drug-likeness (QED) is 0.689. The van der Waals surface area contributed by atoms with E-state index in [2.05, 4.69) is 13.2 Å². The molecule has 0 radical (unpaired) electrons. The van der Waals surface area contributed by atoms with Crippen molar-refractivity contribution in [3.8, 4) is 0 Å². The van der Waals surface area contributed by atoms with Gasteiger partial charge in [0, 0.05) is 12.8 Å². The van der Waals surface area contributed by atoms with E-state index in [-0.39, 0.29) is 11.9 Å². The lowest BCUT2D eigenvalue weighted by Gasteiger charge is -2.37. The van der Waals surface area contributed by atoms with Crippen LogP contribution in [0.3, 0.4) is 0 Å². The van der Waals surface area contributed by atoms with Crippen LogP contribution in [0.1, 0.15) is 25.7 Å². The molecule has 0 bridgehead atoms. The molecule has 2 rings (SSSR count). The Hall–Kier alpha value is -0.640. The number of hydrogen-bond acceptors (Lipinski definition) is 3. The molecule has 0 aromatic rings. The van der Waals surface area contributed by atoms with Crippen LogP contribution in [-0.4, -0.2) is 31.7 Å². The fourth-order valence-electron chi connectivity index (χ4n) is 2.77. The van der Waals surface area contributed by atoms with Crippen molar-refractivity contribution in [3.05, 3.63) is 25.3 Å². The van der Waals surface area contributed by atoms with Gasteiger partial charge in [0.05, 0.1) is 25.9 Å². The van der Waals surface area contributed by atoms with Gasteiger partial charge < -0.3 is 14.2 Å². The molecule has 1 aliphatic carbocycles. The minimum absolute atomic E-state index is 0.131. The van der Waals surface area contributed by atoms with Gasteiger partial charge in [-0.25, -0.2) is 0 Å². The minimum Gasteiger partial charge on any atom is -0.370 e. The van der Waals surface area contributed by atoms with Gasteiger partial charge in [0.25, 0.3) is 0 Å². The van der Waals surface area contributed by atoms with Crippen molar-refractivity contribution in [2.24, 2.45) is 5.92 Å². The standard InChI is InChI=1S/C14H22O3/c1-3-9-15-13(4-2)12-5-7-14(8-6-12)16-10-11-17-14/h3-4,12-13H,1-2,5-11H2. The molecular formula is C14H22O3. The van der Waals surface area contributed by atoms with E-state index < -0.39 is 0 Å². The highest BCUT2D eigenvalue weighted by Gasteiger charge is 2.41. The van der Waals surface area contributed by atoms with Gasteiger partial charge in [0.1, 0.15) is 0 Å². The van der Waals surface area contributed by atoms with Crippen molar-refractivity contribution in [1.29, 1.82) is 0 Å². The summed E-state index contributed by atoms with van der Waals surface area (Å²) in [6.07, 6.45) is 7.92. The van der Waals surface area contributed by atoms with E-state index >= 15 is 0 Å². The van der Waals surface area contributed by atoms with Crippen molar-refractivity contribution in [3.63, 3.8) is 0 Å². The van der Waals surface area contributed by atoms with Crippen molar-refractivity contribution in [2.45, 2.75) is 37.6 Å². The molecule has 17 heavy (non-hydrogen) atoms. The van der Waals surface area contributed by atoms with Crippen molar-refractivity contribution in [2.75, 3.05) is 19.8 Å². The molecule has 0 aromatic carbocycles. The number of rotatable bonds is 5. The third-order valence-corrected chi connectivity index (χ3v) is 3.71. The summed E-state index contributed by atoms with van der Waals surface area (Å²) in [5, 5.41) is 0. The first-order valence-electron chi connectivity index (χ1n) is 6.42. The van der Waals surface area contributed by atoms with Gasteiger partial charge >= 0.3 is 0 Å². The summed E-state index contributed by atoms with van der Waals surface area (Å²) in [7, 11) is 0. The molecule has 0 N–H and O–H groups in total. The van der Waals surface area contributed by atoms with E-state index in [0.717, 1.165) is 38.9 Å². The molecule has 1 saturated heterocycles. The first-order chi connectivity index (χ1) is 8.29. The van der Waals surface area contributed by atoms with Gasteiger partial charge in [0.2, 0.25) is 0 Å². The van der Waals surface area contributed by atoms with Crippen molar-refractivity contribution >= 4 is 0 Å². The number of ether oxygens (including phenoxy) is 3.